The molecule has 0 saturated carbocycles. The van der Waals surface area contributed by atoms with E-state index in [-0.39, 0.29) is 18.1 Å². The summed E-state index contributed by atoms with van der Waals surface area (Å²) in [6.45, 7) is 3.61. The van der Waals surface area contributed by atoms with E-state index in [1.807, 2.05) is 0 Å². The predicted octanol–water partition coefficient (Wildman–Crippen LogP) is 3.50. The summed E-state index contributed by atoms with van der Waals surface area (Å²) in [5.41, 5.74) is 2.86. The monoisotopic (exact) mass is 473 g/mol. The van der Waals surface area contributed by atoms with Crippen LogP contribution in [0, 0.1) is 24.1 Å². The van der Waals surface area contributed by atoms with Crippen molar-refractivity contribution in [1.82, 2.24) is 10.7 Å². The first-order chi connectivity index (χ1) is 14.3. The first-order valence-electron chi connectivity index (χ1n) is 9.07. The number of hydrazone groups is 1. The van der Waals surface area contributed by atoms with E-state index in [4.69, 9.17) is 11.2 Å². The second-order valence-corrected chi connectivity index (χ2v) is 7.50. The van der Waals surface area contributed by atoms with Crippen molar-refractivity contribution in [2.24, 2.45) is 11.0 Å². The number of hydrogen-bond donors (Lipinski definition) is 2. The summed E-state index contributed by atoms with van der Waals surface area (Å²) in [6, 6.07) is 9.91. The third-order valence-corrected chi connectivity index (χ3v) is 4.51. The topological polar surface area (TPSA) is 79.8 Å². The van der Waals surface area contributed by atoms with Crippen LogP contribution in [-0.4, -0.2) is 30.7 Å². The average Bonchev–Trinajstić information content (AvgIpc) is 2.71. The quantitative estimate of drug-likeness (QED) is 0.349. The van der Waals surface area contributed by atoms with Crippen LogP contribution in [0.15, 0.2) is 52.0 Å². The van der Waals surface area contributed by atoms with E-state index >= 15 is 0 Å². The highest BCUT2D eigenvalue weighted by Gasteiger charge is 2.25. The van der Waals surface area contributed by atoms with Gasteiger partial charge in [-0.3, -0.25) is 9.59 Å². The number of terminal acetylenes is 1. The van der Waals surface area contributed by atoms with Gasteiger partial charge in [-0.15, -0.1) is 6.42 Å². The third kappa shape index (κ3) is 6.42. The maximum Gasteiger partial charge on any atom is 0.262 e. The number of rotatable bonds is 8. The van der Waals surface area contributed by atoms with Crippen molar-refractivity contribution >= 4 is 34.0 Å². The lowest BCUT2D eigenvalue weighted by Crippen LogP contribution is -2.48. The largest absolute Gasteiger partial charge is 0.480 e. The Morgan fingerprint density at radius 1 is 1.30 bits per heavy atom. The van der Waals surface area contributed by atoms with Crippen LogP contribution in [0.4, 0.5) is 4.39 Å². The molecule has 0 heterocycles. The Balaban J connectivity index is 2.09. The van der Waals surface area contributed by atoms with Crippen LogP contribution in [0.2, 0.25) is 0 Å². The predicted molar refractivity (Wildman–Crippen MR) is 117 cm³/mol. The summed E-state index contributed by atoms with van der Waals surface area (Å²) >= 11 is 3.36. The molecule has 0 aromatic heterocycles. The summed E-state index contributed by atoms with van der Waals surface area (Å²) in [7, 11) is 0. The Morgan fingerprint density at radius 2 is 2.03 bits per heavy atom. The molecule has 0 saturated heterocycles. The maximum atomic E-state index is 13.8. The van der Waals surface area contributed by atoms with Crippen LogP contribution in [0.5, 0.6) is 5.75 Å². The highest BCUT2D eigenvalue weighted by Crippen LogP contribution is 2.21. The van der Waals surface area contributed by atoms with Gasteiger partial charge in [0.2, 0.25) is 0 Å². The van der Waals surface area contributed by atoms with Crippen molar-refractivity contribution in [2.45, 2.75) is 19.9 Å². The summed E-state index contributed by atoms with van der Waals surface area (Å²) in [4.78, 5) is 24.9. The molecular weight excluding hydrogens is 453 g/mol. The van der Waals surface area contributed by atoms with E-state index in [9.17, 15) is 14.0 Å². The minimum Gasteiger partial charge on any atom is -0.480 e. The standard InChI is InChI=1S/C22H21BrFN3O3/c1-4-11-30-19-10-9-16(23)12-15(19)13-25-27-22(29)20(14(2)3)26-21(28)17-7-5-6-8-18(17)24/h1,5-10,12-14,20H,11H2,2-3H3,(H,26,28)(H,27,29). The van der Waals surface area contributed by atoms with Crippen LogP contribution < -0.4 is 15.5 Å². The van der Waals surface area contributed by atoms with Gasteiger partial charge in [0.1, 0.15) is 24.2 Å². The fraction of sp³-hybridized carbons (Fsp3) is 0.227. The van der Waals surface area contributed by atoms with Gasteiger partial charge in [-0.25, -0.2) is 9.82 Å². The van der Waals surface area contributed by atoms with E-state index in [2.05, 4.69) is 37.7 Å². The Hall–Kier alpha value is -3.18. The van der Waals surface area contributed by atoms with Crippen molar-refractivity contribution in [3.8, 4) is 18.1 Å². The Morgan fingerprint density at radius 3 is 2.70 bits per heavy atom. The number of carbonyl (C=O) groups is 2. The number of hydrogen-bond acceptors (Lipinski definition) is 4. The number of nitrogens with zero attached hydrogens (tertiary/aromatic N) is 1. The average molecular weight is 474 g/mol. The van der Waals surface area contributed by atoms with Crippen molar-refractivity contribution in [2.75, 3.05) is 6.61 Å². The normalized spacial score (nSPS) is 11.7. The molecule has 0 aliphatic carbocycles. The Labute approximate surface area is 183 Å². The molecule has 1 unspecified atom stereocenters. The molecule has 2 aromatic carbocycles. The Kier molecular flexibility index (Phi) is 8.56. The highest BCUT2D eigenvalue weighted by atomic mass is 79.9. The molecule has 1 atom stereocenters. The molecule has 0 fully saturated rings. The van der Waals surface area contributed by atoms with Gasteiger partial charge in [0.15, 0.2) is 0 Å². The number of ether oxygens (including phenoxy) is 1. The third-order valence-electron chi connectivity index (χ3n) is 4.02. The molecule has 156 valence electrons. The van der Waals surface area contributed by atoms with Crippen LogP contribution in [-0.2, 0) is 4.79 Å². The van der Waals surface area contributed by atoms with E-state index in [1.54, 1.807) is 38.1 Å². The van der Waals surface area contributed by atoms with Crippen LogP contribution >= 0.6 is 15.9 Å². The SMILES string of the molecule is C#CCOc1ccc(Br)cc1C=NNC(=O)C(NC(=O)c1ccccc1F)C(C)C. The van der Waals surface area contributed by atoms with Crippen LogP contribution in [0.25, 0.3) is 0 Å². The lowest BCUT2D eigenvalue weighted by Gasteiger charge is -2.20. The zero-order valence-corrected chi connectivity index (χ0v) is 18.1. The smallest absolute Gasteiger partial charge is 0.262 e. The van der Waals surface area contributed by atoms with Gasteiger partial charge >= 0.3 is 0 Å². The number of halogens is 2. The van der Waals surface area contributed by atoms with Crippen molar-refractivity contribution < 1.29 is 18.7 Å². The molecule has 2 aromatic rings. The molecule has 2 rings (SSSR count). The van der Waals surface area contributed by atoms with Crippen molar-refractivity contribution in [3.63, 3.8) is 0 Å². The molecular formula is C22H21BrFN3O3. The summed E-state index contributed by atoms with van der Waals surface area (Å²) < 4.78 is 20.1. The zero-order chi connectivity index (χ0) is 22.1. The highest BCUT2D eigenvalue weighted by molar-refractivity contribution is 9.10. The lowest BCUT2D eigenvalue weighted by atomic mass is 10.0. The van der Waals surface area contributed by atoms with E-state index in [1.165, 1.54) is 24.4 Å². The molecule has 0 aliphatic rings. The van der Waals surface area contributed by atoms with E-state index in [0.29, 0.717) is 11.3 Å². The van der Waals surface area contributed by atoms with Gasteiger partial charge in [-0.1, -0.05) is 47.8 Å². The molecule has 8 heteroatoms. The molecule has 0 aliphatic heterocycles. The summed E-state index contributed by atoms with van der Waals surface area (Å²) in [6.07, 6.45) is 6.62. The number of nitrogens with one attached hydrogen (secondary N) is 2. The van der Waals surface area contributed by atoms with Crippen molar-refractivity contribution in [1.29, 1.82) is 0 Å². The van der Waals surface area contributed by atoms with Crippen molar-refractivity contribution in [3.05, 3.63) is 63.9 Å². The minimum absolute atomic E-state index is 0.0896. The second-order valence-electron chi connectivity index (χ2n) is 6.58. The first-order valence-corrected chi connectivity index (χ1v) is 9.87. The second kappa shape index (κ2) is 11.1. The molecule has 0 radical (unpaired) electrons. The summed E-state index contributed by atoms with van der Waals surface area (Å²) in [5.74, 6) is 0.754. The fourth-order valence-electron chi connectivity index (χ4n) is 2.51. The first kappa shape index (κ1) is 23.1. The summed E-state index contributed by atoms with van der Waals surface area (Å²) in [5, 5.41) is 6.50. The molecule has 0 spiro atoms. The van der Waals surface area contributed by atoms with Gasteiger partial charge < -0.3 is 10.1 Å². The van der Waals surface area contributed by atoms with Crippen LogP contribution in [0.3, 0.4) is 0 Å². The fourth-order valence-corrected chi connectivity index (χ4v) is 2.88. The zero-order valence-electron chi connectivity index (χ0n) is 16.5. The van der Waals surface area contributed by atoms with Crippen LogP contribution in [0.1, 0.15) is 29.8 Å². The molecule has 30 heavy (non-hydrogen) atoms. The number of amides is 2. The lowest BCUT2D eigenvalue weighted by molar-refractivity contribution is -0.123. The Bertz CT molecular complexity index is 986. The van der Waals surface area contributed by atoms with Gasteiger partial charge in [-0.2, -0.15) is 5.10 Å². The maximum absolute atomic E-state index is 13.8. The van der Waals surface area contributed by atoms with Gasteiger partial charge in [-0.05, 0) is 36.2 Å². The molecule has 2 amide bonds. The van der Waals surface area contributed by atoms with E-state index in [0.717, 1.165) is 4.47 Å². The van der Waals surface area contributed by atoms with Gasteiger partial charge in [0, 0.05) is 10.0 Å². The molecule has 6 nitrogen and oxygen atoms in total. The van der Waals surface area contributed by atoms with E-state index < -0.39 is 23.7 Å². The number of carbonyl (C=O) groups excluding carboxylic acids is 2. The number of benzene rings is 2. The van der Waals surface area contributed by atoms with Gasteiger partial charge in [0.25, 0.3) is 11.8 Å². The van der Waals surface area contributed by atoms with Gasteiger partial charge in [0.05, 0.1) is 11.8 Å². The minimum atomic E-state index is -0.908. The molecule has 2 N–H and O–H groups in total. The molecule has 0 bridgehead atoms.